The average Bonchev–Trinajstić information content (AvgIpc) is 2.53. The first-order valence-corrected chi connectivity index (χ1v) is 9.57. The highest BCUT2D eigenvalue weighted by Crippen LogP contribution is 2.25. The van der Waals surface area contributed by atoms with Gasteiger partial charge in [-0.2, -0.15) is 0 Å². The number of amides is 1. The fourth-order valence-electron chi connectivity index (χ4n) is 2.76. The topological polar surface area (TPSA) is 68.3 Å². The van der Waals surface area contributed by atoms with Gasteiger partial charge in [0.15, 0.2) is 0 Å². The normalized spacial score (nSPS) is 22.5. The third-order valence-corrected chi connectivity index (χ3v) is 5.40. The van der Waals surface area contributed by atoms with Crippen molar-refractivity contribution in [2.45, 2.75) is 50.7 Å². The Morgan fingerprint density at radius 1 is 1.39 bits per heavy atom. The summed E-state index contributed by atoms with van der Waals surface area (Å²) in [6.45, 7) is 5.11. The van der Waals surface area contributed by atoms with Crippen molar-refractivity contribution in [3.05, 3.63) is 23.9 Å². The van der Waals surface area contributed by atoms with Gasteiger partial charge in [-0.3, -0.25) is 9.00 Å². The zero-order valence-electron chi connectivity index (χ0n) is 13.9. The molecule has 1 aromatic rings. The Bertz CT molecular complexity index is 533. The van der Waals surface area contributed by atoms with Crippen LogP contribution in [-0.2, 0) is 20.3 Å². The maximum absolute atomic E-state index is 12.0. The Morgan fingerprint density at radius 3 is 2.87 bits per heavy atom. The van der Waals surface area contributed by atoms with Crippen LogP contribution in [0.3, 0.4) is 0 Å². The molecule has 1 N–H and O–H groups in total. The number of aromatic nitrogens is 1. The molecule has 0 bridgehead atoms. The third kappa shape index (κ3) is 6.03. The minimum atomic E-state index is -1.40. The Balaban J connectivity index is 1.64. The van der Waals surface area contributed by atoms with Gasteiger partial charge in [0, 0.05) is 12.7 Å². The van der Waals surface area contributed by atoms with E-state index >= 15 is 0 Å². The summed E-state index contributed by atoms with van der Waals surface area (Å²) in [5.41, 5.74) is 1.00. The molecule has 1 amide bonds. The molecule has 0 spiro atoms. The van der Waals surface area contributed by atoms with E-state index in [9.17, 15) is 9.00 Å². The van der Waals surface area contributed by atoms with Crippen LogP contribution in [0.4, 0.5) is 0 Å². The molecule has 1 aromatic heterocycles. The zero-order valence-corrected chi connectivity index (χ0v) is 14.7. The van der Waals surface area contributed by atoms with Crippen molar-refractivity contribution in [3.63, 3.8) is 0 Å². The SMILES string of the molecule is Cc1ccc(S(=O)CC(=O)NCCOC2CCCCC2C)nc1. The van der Waals surface area contributed by atoms with Crippen LogP contribution in [0, 0.1) is 12.8 Å². The molecule has 1 saturated carbocycles. The number of nitrogens with one attached hydrogen (secondary N) is 1. The van der Waals surface area contributed by atoms with Crippen LogP contribution in [-0.4, -0.2) is 40.1 Å². The molecule has 1 aliphatic carbocycles. The molecule has 23 heavy (non-hydrogen) atoms. The monoisotopic (exact) mass is 338 g/mol. The van der Waals surface area contributed by atoms with E-state index in [0.717, 1.165) is 12.0 Å². The number of ether oxygens (including phenoxy) is 1. The van der Waals surface area contributed by atoms with E-state index in [1.807, 2.05) is 13.0 Å². The number of nitrogens with zero attached hydrogens (tertiary/aromatic N) is 1. The molecule has 128 valence electrons. The first-order chi connectivity index (χ1) is 11.1. The second-order valence-electron chi connectivity index (χ2n) is 6.18. The fraction of sp³-hybridized carbons (Fsp3) is 0.647. The highest BCUT2D eigenvalue weighted by atomic mass is 32.2. The minimum Gasteiger partial charge on any atom is -0.376 e. The number of pyridine rings is 1. The van der Waals surface area contributed by atoms with Crippen LogP contribution >= 0.6 is 0 Å². The van der Waals surface area contributed by atoms with Gasteiger partial charge in [-0.15, -0.1) is 0 Å². The number of rotatable bonds is 7. The molecule has 6 heteroatoms. The summed E-state index contributed by atoms with van der Waals surface area (Å²) in [7, 11) is -1.40. The summed E-state index contributed by atoms with van der Waals surface area (Å²) in [6, 6.07) is 3.55. The summed E-state index contributed by atoms with van der Waals surface area (Å²) in [4.78, 5) is 15.9. The molecule has 0 aliphatic heterocycles. The van der Waals surface area contributed by atoms with Crippen molar-refractivity contribution >= 4 is 16.7 Å². The molecule has 1 heterocycles. The number of aryl methyl sites for hydroxylation is 1. The first-order valence-electron chi connectivity index (χ1n) is 8.25. The summed E-state index contributed by atoms with van der Waals surface area (Å²) in [6.07, 6.45) is 6.81. The Morgan fingerprint density at radius 2 is 2.17 bits per heavy atom. The van der Waals surface area contributed by atoms with Crippen molar-refractivity contribution in [2.24, 2.45) is 5.92 Å². The van der Waals surface area contributed by atoms with Gasteiger partial charge >= 0.3 is 0 Å². The van der Waals surface area contributed by atoms with E-state index in [0.29, 0.717) is 30.2 Å². The van der Waals surface area contributed by atoms with Crippen molar-refractivity contribution in [2.75, 3.05) is 18.9 Å². The summed E-state index contributed by atoms with van der Waals surface area (Å²) in [5, 5.41) is 3.21. The molecular weight excluding hydrogens is 312 g/mol. The van der Waals surface area contributed by atoms with Gasteiger partial charge in [0.25, 0.3) is 0 Å². The zero-order chi connectivity index (χ0) is 16.7. The fourth-order valence-corrected chi connectivity index (χ4v) is 3.64. The Labute approximate surface area is 140 Å². The largest absolute Gasteiger partial charge is 0.376 e. The van der Waals surface area contributed by atoms with Gasteiger partial charge in [0.05, 0.1) is 23.5 Å². The lowest BCUT2D eigenvalue weighted by Crippen LogP contribution is -2.34. The quantitative estimate of drug-likeness (QED) is 0.774. The van der Waals surface area contributed by atoms with E-state index in [-0.39, 0.29) is 11.7 Å². The van der Waals surface area contributed by atoms with Gasteiger partial charge in [0.2, 0.25) is 5.91 Å². The van der Waals surface area contributed by atoms with E-state index in [1.54, 1.807) is 12.3 Å². The summed E-state index contributed by atoms with van der Waals surface area (Å²) < 4.78 is 17.9. The highest BCUT2D eigenvalue weighted by Gasteiger charge is 2.21. The highest BCUT2D eigenvalue weighted by molar-refractivity contribution is 7.85. The molecule has 1 fully saturated rings. The van der Waals surface area contributed by atoms with Crippen molar-refractivity contribution in [1.29, 1.82) is 0 Å². The van der Waals surface area contributed by atoms with Crippen LogP contribution in [0.2, 0.25) is 0 Å². The molecule has 1 aliphatic rings. The Hall–Kier alpha value is -1.27. The van der Waals surface area contributed by atoms with E-state index < -0.39 is 10.8 Å². The van der Waals surface area contributed by atoms with Gasteiger partial charge < -0.3 is 10.1 Å². The molecule has 3 atom stereocenters. The first kappa shape index (κ1) is 18.1. The summed E-state index contributed by atoms with van der Waals surface area (Å²) in [5.74, 6) is 0.307. The van der Waals surface area contributed by atoms with Crippen LogP contribution in [0.5, 0.6) is 0 Å². The lowest BCUT2D eigenvalue weighted by Gasteiger charge is -2.28. The smallest absolute Gasteiger partial charge is 0.233 e. The predicted octanol–water partition coefficient (Wildman–Crippen LogP) is 2.21. The van der Waals surface area contributed by atoms with Crippen LogP contribution < -0.4 is 5.32 Å². The predicted molar refractivity (Wildman–Crippen MR) is 90.6 cm³/mol. The van der Waals surface area contributed by atoms with E-state index in [4.69, 9.17) is 4.74 Å². The standard InChI is InChI=1S/C17H26N2O3S/c1-13-7-8-17(19-11-13)23(21)12-16(20)18-9-10-22-15-6-4-3-5-14(15)2/h7-8,11,14-15H,3-6,9-10,12H2,1-2H3,(H,18,20). The molecular formula is C17H26N2O3S. The maximum Gasteiger partial charge on any atom is 0.233 e. The molecule has 0 saturated heterocycles. The number of hydrogen-bond donors (Lipinski definition) is 1. The van der Waals surface area contributed by atoms with Crippen molar-refractivity contribution < 1.29 is 13.7 Å². The third-order valence-electron chi connectivity index (χ3n) is 4.17. The lowest BCUT2D eigenvalue weighted by molar-refractivity contribution is -0.119. The second-order valence-corrected chi connectivity index (χ2v) is 7.58. The van der Waals surface area contributed by atoms with Gasteiger partial charge in [-0.05, 0) is 37.3 Å². The number of carbonyl (C=O) groups excluding carboxylic acids is 1. The van der Waals surface area contributed by atoms with Crippen molar-refractivity contribution in [1.82, 2.24) is 10.3 Å². The van der Waals surface area contributed by atoms with Crippen LogP contribution in [0.25, 0.3) is 0 Å². The molecule has 3 unspecified atom stereocenters. The molecule has 0 aromatic carbocycles. The van der Waals surface area contributed by atoms with Crippen LogP contribution in [0.1, 0.15) is 38.2 Å². The van der Waals surface area contributed by atoms with Gasteiger partial charge in [0.1, 0.15) is 10.8 Å². The van der Waals surface area contributed by atoms with E-state index in [1.165, 1.54) is 19.3 Å². The number of hydrogen-bond acceptors (Lipinski definition) is 4. The maximum atomic E-state index is 12.0. The van der Waals surface area contributed by atoms with Gasteiger partial charge in [-0.25, -0.2) is 4.98 Å². The second kappa shape index (κ2) is 9.13. The van der Waals surface area contributed by atoms with Crippen molar-refractivity contribution in [3.8, 4) is 0 Å². The number of carbonyl (C=O) groups is 1. The van der Waals surface area contributed by atoms with Crippen LogP contribution in [0.15, 0.2) is 23.4 Å². The minimum absolute atomic E-state index is 0.0596. The average molecular weight is 338 g/mol. The molecule has 5 nitrogen and oxygen atoms in total. The summed E-state index contributed by atoms with van der Waals surface area (Å²) >= 11 is 0. The molecule has 2 rings (SSSR count). The lowest BCUT2D eigenvalue weighted by atomic mass is 9.88. The van der Waals surface area contributed by atoms with Gasteiger partial charge in [-0.1, -0.05) is 25.8 Å². The Kier molecular flexibility index (Phi) is 7.17. The molecule has 0 radical (unpaired) electrons. The van der Waals surface area contributed by atoms with E-state index in [2.05, 4.69) is 17.2 Å².